The predicted molar refractivity (Wildman–Crippen MR) is 59.6 cm³/mol. The van der Waals surface area contributed by atoms with Crippen molar-refractivity contribution in [2.24, 2.45) is 16.3 Å². The molecule has 1 aliphatic rings. The fourth-order valence-corrected chi connectivity index (χ4v) is 2.59. The number of oxime groups is 1. The molecule has 1 amide bonds. The van der Waals surface area contributed by atoms with Gasteiger partial charge < -0.3 is 16.0 Å². The molecule has 4 N–H and O–H groups in total. The molecule has 1 heterocycles. The highest BCUT2D eigenvalue weighted by Gasteiger charge is 2.55. The number of rotatable bonds is 1. The van der Waals surface area contributed by atoms with E-state index in [4.69, 9.17) is 10.9 Å². The summed E-state index contributed by atoms with van der Waals surface area (Å²) in [6, 6.07) is 0. The monoisotopic (exact) mass is 229 g/mol. The lowest BCUT2D eigenvalue weighted by molar-refractivity contribution is 0.0732. The molecular formula is C10H19N3O3. The Morgan fingerprint density at radius 2 is 2.06 bits per heavy atom. The van der Waals surface area contributed by atoms with Crippen LogP contribution in [0.2, 0.25) is 0 Å². The van der Waals surface area contributed by atoms with Gasteiger partial charge in [0.15, 0.2) is 5.84 Å². The average molecular weight is 229 g/mol. The predicted octanol–water partition coefficient (Wildman–Crippen LogP) is 1.29. The van der Waals surface area contributed by atoms with E-state index in [1.807, 2.05) is 20.8 Å². The lowest BCUT2D eigenvalue weighted by Gasteiger charge is -2.45. The maximum absolute atomic E-state index is 11.2. The molecule has 1 rings (SSSR count). The standard InChI is InChI=1S/C10H19N3O3/c1-9(2,3)10(7(11)12-16)5-4-6-13(10)8(14)15/h16H,4-6H2,1-3H3,(H2,11,12)(H,14,15). The number of hydrogen-bond donors (Lipinski definition) is 3. The third-order valence-electron chi connectivity index (χ3n) is 3.38. The number of nitrogens with zero attached hydrogens (tertiary/aromatic N) is 2. The molecular weight excluding hydrogens is 210 g/mol. The Labute approximate surface area is 94.7 Å². The summed E-state index contributed by atoms with van der Waals surface area (Å²) in [5, 5.41) is 21.1. The Balaban J connectivity index is 3.30. The molecule has 1 atom stereocenters. The molecule has 92 valence electrons. The first-order chi connectivity index (χ1) is 7.27. The summed E-state index contributed by atoms with van der Waals surface area (Å²) in [6.07, 6.45) is 0.275. The van der Waals surface area contributed by atoms with Gasteiger partial charge in [-0.25, -0.2) is 4.79 Å². The lowest BCUT2D eigenvalue weighted by Crippen LogP contribution is -2.63. The van der Waals surface area contributed by atoms with Gasteiger partial charge in [-0.1, -0.05) is 25.9 Å². The van der Waals surface area contributed by atoms with E-state index in [0.29, 0.717) is 13.0 Å². The molecule has 0 aromatic rings. The minimum absolute atomic E-state index is 0.0279. The molecule has 1 aliphatic heterocycles. The van der Waals surface area contributed by atoms with Crippen LogP contribution < -0.4 is 5.73 Å². The minimum atomic E-state index is -1.03. The smallest absolute Gasteiger partial charge is 0.408 e. The first-order valence-electron chi connectivity index (χ1n) is 5.26. The zero-order valence-electron chi connectivity index (χ0n) is 9.90. The van der Waals surface area contributed by atoms with Crippen molar-refractivity contribution in [2.75, 3.05) is 6.54 Å². The Hall–Kier alpha value is -1.46. The van der Waals surface area contributed by atoms with Crippen LogP contribution in [0.25, 0.3) is 0 Å². The highest BCUT2D eigenvalue weighted by Crippen LogP contribution is 2.43. The van der Waals surface area contributed by atoms with Crippen LogP contribution >= 0.6 is 0 Å². The zero-order valence-corrected chi connectivity index (χ0v) is 9.90. The lowest BCUT2D eigenvalue weighted by atomic mass is 9.71. The molecule has 6 heteroatoms. The van der Waals surface area contributed by atoms with Crippen molar-refractivity contribution in [3.63, 3.8) is 0 Å². The van der Waals surface area contributed by atoms with Crippen LogP contribution in [0.15, 0.2) is 5.16 Å². The van der Waals surface area contributed by atoms with Gasteiger partial charge in [0.1, 0.15) is 5.54 Å². The molecule has 0 radical (unpaired) electrons. The first kappa shape index (κ1) is 12.6. The Morgan fingerprint density at radius 3 is 2.44 bits per heavy atom. The van der Waals surface area contributed by atoms with Gasteiger partial charge in [-0.15, -0.1) is 0 Å². The van der Waals surface area contributed by atoms with E-state index in [9.17, 15) is 9.90 Å². The SMILES string of the molecule is CC(C)(C)C1(/C(N)=N\O)CCCN1C(=O)O. The highest BCUT2D eigenvalue weighted by molar-refractivity contribution is 5.93. The number of hydrogen-bond acceptors (Lipinski definition) is 3. The molecule has 0 aromatic carbocycles. The van der Waals surface area contributed by atoms with Gasteiger partial charge in [0.2, 0.25) is 0 Å². The maximum Gasteiger partial charge on any atom is 0.408 e. The molecule has 16 heavy (non-hydrogen) atoms. The fourth-order valence-electron chi connectivity index (χ4n) is 2.59. The van der Waals surface area contributed by atoms with E-state index in [1.54, 1.807) is 0 Å². The summed E-state index contributed by atoms with van der Waals surface area (Å²) in [4.78, 5) is 12.5. The summed E-state index contributed by atoms with van der Waals surface area (Å²) in [5.41, 5.74) is 4.39. The maximum atomic E-state index is 11.2. The van der Waals surface area contributed by atoms with E-state index in [1.165, 1.54) is 4.90 Å². The van der Waals surface area contributed by atoms with Crippen molar-refractivity contribution in [2.45, 2.75) is 39.2 Å². The second-order valence-electron chi connectivity index (χ2n) is 5.13. The van der Waals surface area contributed by atoms with Crippen molar-refractivity contribution in [3.05, 3.63) is 0 Å². The number of amidine groups is 1. The van der Waals surface area contributed by atoms with E-state index < -0.39 is 17.0 Å². The van der Waals surface area contributed by atoms with Crippen LogP contribution in [0.5, 0.6) is 0 Å². The summed E-state index contributed by atoms with van der Waals surface area (Å²) >= 11 is 0. The molecule has 1 fully saturated rings. The molecule has 0 saturated carbocycles. The Morgan fingerprint density at radius 1 is 1.50 bits per heavy atom. The minimum Gasteiger partial charge on any atom is -0.465 e. The van der Waals surface area contributed by atoms with Crippen molar-refractivity contribution in [3.8, 4) is 0 Å². The van der Waals surface area contributed by atoms with E-state index in [-0.39, 0.29) is 5.84 Å². The molecule has 1 saturated heterocycles. The van der Waals surface area contributed by atoms with E-state index >= 15 is 0 Å². The molecule has 1 unspecified atom stereocenters. The summed E-state index contributed by atoms with van der Waals surface area (Å²) < 4.78 is 0. The number of amides is 1. The molecule has 0 aromatic heterocycles. The van der Waals surface area contributed by atoms with Crippen molar-refractivity contribution >= 4 is 11.9 Å². The summed E-state index contributed by atoms with van der Waals surface area (Å²) in [6.45, 7) is 6.10. The molecule has 6 nitrogen and oxygen atoms in total. The van der Waals surface area contributed by atoms with Gasteiger partial charge >= 0.3 is 6.09 Å². The van der Waals surface area contributed by atoms with Crippen LogP contribution in [0.1, 0.15) is 33.6 Å². The topological polar surface area (TPSA) is 99.2 Å². The summed E-state index contributed by atoms with van der Waals surface area (Å²) in [7, 11) is 0. The quantitative estimate of drug-likeness (QED) is 0.273. The van der Waals surface area contributed by atoms with Crippen molar-refractivity contribution < 1.29 is 15.1 Å². The van der Waals surface area contributed by atoms with Gasteiger partial charge in [0, 0.05) is 6.54 Å². The van der Waals surface area contributed by atoms with E-state index in [0.717, 1.165) is 6.42 Å². The molecule has 0 bridgehead atoms. The van der Waals surface area contributed by atoms with Crippen molar-refractivity contribution in [1.82, 2.24) is 4.90 Å². The van der Waals surface area contributed by atoms with Crippen LogP contribution in [0.4, 0.5) is 4.79 Å². The van der Waals surface area contributed by atoms with Gasteiger partial charge in [0.25, 0.3) is 0 Å². The van der Waals surface area contributed by atoms with Crippen LogP contribution in [-0.4, -0.2) is 39.2 Å². The molecule has 0 aliphatic carbocycles. The third-order valence-corrected chi connectivity index (χ3v) is 3.38. The first-order valence-corrected chi connectivity index (χ1v) is 5.26. The van der Waals surface area contributed by atoms with Gasteiger partial charge in [-0.3, -0.25) is 4.90 Å². The largest absolute Gasteiger partial charge is 0.465 e. The normalized spacial score (nSPS) is 27.2. The zero-order chi connectivity index (χ0) is 12.6. The second-order valence-corrected chi connectivity index (χ2v) is 5.13. The van der Waals surface area contributed by atoms with E-state index in [2.05, 4.69) is 5.16 Å². The summed E-state index contributed by atoms with van der Waals surface area (Å²) in [5.74, 6) is -0.0279. The van der Waals surface area contributed by atoms with Crippen LogP contribution in [-0.2, 0) is 0 Å². The van der Waals surface area contributed by atoms with Gasteiger partial charge in [0.05, 0.1) is 0 Å². The Bertz CT molecular complexity index is 322. The average Bonchev–Trinajstić information content (AvgIpc) is 2.60. The van der Waals surface area contributed by atoms with Crippen LogP contribution in [0.3, 0.4) is 0 Å². The molecule has 0 spiro atoms. The number of carbonyl (C=O) groups is 1. The number of nitrogens with two attached hydrogens (primary N) is 1. The van der Waals surface area contributed by atoms with Gasteiger partial charge in [-0.2, -0.15) is 0 Å². The number of likely N-dealkylation sites (tertiary alicyclic amines) is 1. The highest BCUT2D eigenvalue weighted by atomic mass is 16.4. The van der Waals surface area contributed by atoms with Crippen LogP contribution in [0, 0.1) is 5.41 Å². The Kier molecular flexibility index (Phi) is 3.03. The van der Waals surface area contributed by atoms with Gasteiger partial charge in [-0.05, 0) is 18.3 Å². The van der Waals surface area contributed by atoms with Crippen molar-refractivity contribution in [1.29, 1.82) is 0 Å². The number of carboxylic acid groups (broad SMARTS) is 1. The third kappa shape index (κ3) is 1.58. The fraction of sp³-hybridized carbons (Fsp3) is 0.800. The second kappa shape index (κ2) is 3.84.